The molecule has 2 fully saturated rings. The molecule has 3 rings (SSSR count). The van der Waals surface area contributed by atoms with Crippen molar-refractivity contribution in [2.75, 3.05) is 39.8 Å². The van der Waals surface area contributed by atoms with E-state index in [0.29, 0.717) is 19.0 Å². The van der Waals surface area contributed by atoms with E-state index in [1.54, 1.807) is 7.05 Å². The Bertz CT molecular complexity index is 609. The highest BCUT2D eigenvalue weighted by atomic mass is 127. The number of guanidine groups is 1. The normalized spacial score (nSPS) is 24.1. The molecule has 4 nitrogen and oxygen atoms in total. The smallest absolute Gasteiger partial charge is 0.352 e. The number of nitrogens with zero attached hydrogens (tertiary/aromatic N) is 3. The van der Waals surface area contributed by atoms with Crippen molar-refractivity contribution in [2.24, 2.45) is 10.9 Å². The van der Waals surface area contributed by atoms with E-state index < -0.39 is 12.7 Å². The van der Waals surface area contributed by atoms with Gasteiger partial charge in [0.05, 0.1) is 6.54 Å². The van der Waals surface area contributed by atoms with E-state index in [4.69, 9.17) is 0 Å². The van der Waals surface area contributed by atoms with Crippen LogP contribution in [-0.2, 0) is 6.42 Å². The van der Waals surface area contributed by atoms with Crippen LogP contribution in [0, 0.1) is 5.92 Å². The first-order valence-corrected chi connectivity index (χ1v) is 9.24. The predicted molar refractivity (Wildman–Crippen MR) is 113 cm³/mol. The highest BCUT2D eigenvalue weighted by Crippen LogP contribution is 2.22. The van der Waals surface area contributed by atoms with Gasteiger partial charge >= 0.3 is 6.18 Å². The van der Waals surface area contributed by atoms with E-state index in [2.05, 4.69) is 39.5 Å². The second-order valence-corrected chi connectivity index (χ2v) is 7.32. The largest absolute Gasteiger partial charge is 0.401 e. The number of nitrogens with one attached hydrogen (secondary N) is 1. The second kappa shape index (κ2) is 9.95. The summed E-state index contributed by atoms with van der Waals surface area (Å²) < 4.78 is 37.6. The Hall–Kier alpha value is -1.03. The van der Waals surface area contributed by atoms with E-state index in [0.717, 1.165) is 38.3 Å². The monoisotopic (exact) mass is 496 g/mol. The number of rotatable bonds is 4. The van der Waals surface area contributed by atoms with Crippen molar-refractivity contribution < 1.29 is 13.2 Å². The summed E-state index contributed by atoms with van der Waals surface area (Å²) in [4.78, 5) is 8.07. The third-order valence-corrected chi connectivity index (χ3v) is 5.17. The summed E-state index contributed by atoms with van der Waals surface area (Å²) >= 11 is 0. The van der Waals surface area contributed by atoms with Crippen molar-refractivity contribution in [3.05, 3.63) is 35.9 Å². The van der Waals surface area contributed by atoms with Gasteiger partial charge in [0.1, 0.15) is 0 Å². The van der Waals surface area contributed by atoms with Gasteiger partial charge in [0, 0.05) is 39.3 Å². The Morgan fingerprint density at radius 3 is 2.56 bits per heavy atom. The van der Waals surface area contributed by atoms with Crippen molar-refractivity contribution in [3.63, 3.8) is 0 Å². The molecule has 0 aromatic heterocycles. The van der Waals surface area contributed by atoms with Crippen LogP contribution in [0.2, 0.25) is 0 Å². The summed E-state index contributed by atoms with van der Waals surface area (Å²) in [6.07, 6.45) is -1.25. The maximum Gasteiger partial charge on any atom is 0.401 e. The summed E-state index contributed by atoms with van der Waals surface area (Å²) in [5.74, 6) is 1.40. The molecule has 1 aromatic rings. The van der Waals surface area contributed by atoms with Gasteiger partial charge in [0.25, 0.3) is 0 Å². The number of benzene rings is 1. The summed E-state index contributed by atoms with van der Waals surface area (Å²) in [6, 6.07) is 10.5. The van der Waals surface area contributed by atoms with Crippen LogP contribution in [0.25, 0.3) is 0 Å². The number of aliphatic imine (C=N–C) groups is 1. The predicted octanol–water partition coefficient (Wildman–Crippen LogP) is 3.38. The van der Waals surface area contributed by atoms with Crippen LogP contribution in [0.4, 0.5) is 13.2 Å². The molecule has 0 aliphatic carbocycles. The maximum absolute atomic E-state index is 12.5. The second-order valence-electron chi connectivity index (χ2n) is 7.32. The summed E-state index contributed by atoms with van der Waals surface area (Å²) in [7, 11) is 1.75. The molecule has 152 valence electrons. The molecule has 0 bridgehead atoms. The lowest BCUT2D eigenvalue weighted by atomic mass is 9.99. The van der Waals surface area contributed by atoms with E-state index in [1.165, 1.54) is 10.5 Å². The molecule has 2 unspecified atom stereocenters. The van der Waals surface area contributed by atoms with Crippen molar-refractivity contribution >= 4 is 29.9 Å². The zero-order valence-corrected chi connectivity index (χ0v) is 17.9. The SMILES string of the molecule is CN=C(NC1CCN(CC(F)(F)F)C1)N1CCC(Cc2ccccc2)C1.I. The van der Waals surface area contributed by atoms with Crippen LogP contribution in [0.15, 0.2) is 35.3 Å². The third kappa shape index (κ3) is 6.81. The molecule has 0 amide bonds. The fourth-order valence-electron chi connectivity index (χ4n) is 3.97. The van der Waals surface area contributed by atoms with E-state index in [9.17, 15) is 13.2 Å². The zero-order valence-electron chi connectivity index (χ0n) is 15.6. The lowest BCUT2D eigenvalue weighted by Gasteiger charge is -2.25. The Labute approximate surface area is 176 Å². The topological polar surface area (TPSA) is 30.9 Å². The van der Waals surface area contributed by atoms with Crippen molar-refractivity contribution in [1.29, 1.82) is 0 Å². The molecule has 0 spiro atoms. The Morgan fingerprint density at radius 2 is 1.89 bits per heavy atom. The minimum absolute atomic E-state index is 0. The van der Waals surface area contributed by atoms with Crippen molar-refractivity contribution in [3.8, 4) is 0 Å². The summed E-state index contributed by atoms with van der Waals surface area (Å²) in [6.45, 7) is 1.95. The molecule has 2 aliphatic heterocycles. The first-order chi connectivity index (χ1) is 12.4. The lowest BCUT2D eigenvalue weighted by molar-refractivity contribution is -0.143. The fraction of sp³-hybridized carbons (Fsp3) is 0.632. The van der Waals surface area contributed by atoms with Crippen LogP contribution in [0.3, 0.4) is 0 Å². The minimum Gasteiger partial charge on any atom is -0.352 e. The van der Waals surface area contributed by atoms with Gasteiger partial charge in [-0.05, 0) is 30.7 Å². The first-order valence-electron chi connectivity index (χ1n) is 9.24. The van der Waals surface area contributed by atoms with E-state index >= 15 is 0 Å². The van der Waals surface area contributed by atoms with E-state index in [1.807, 2.05) is 6.07 Å². The van der Waals surface area contributed by atoms with Crippen LogP contribution in [0.1, 0.15) is 18.4 Å². The first kappa shape index (κ1) is 22.3. The molecule has 2 atom stereocenters. The number of hydrogen-bond donors (Lipinski definition) is 1. The van der Waals surface area contributed by atoms with Gasteiger partial charge in [-0.15, -0.1) is 24.0 Å². The molecule has 2 saturated heterocycles. The highest BCUT2D eigenvalue weighted by molar-refractivity contribution is 14.0. The van der Waals surface area contributed by atoms with Gasteiger partial charge in [0.15, 0.2) is 5.96 Å². The van der Waals surface area contributed by atoms with Gasteiger partial charge in [-0.1, -0.05) is 30.3 Å². The van der Waals surface area contributed by atoms with Crippen LogP contribution in [0.5, 0.6) is 0 Å². The summed E-state index contributed by atoms with van der Waals surface area (Å²) in [5, 5.41) is 3.37. The average molecular weight is 496 g/mol. The zero-order chi connectivity index (χ0) is 18.6. The number of halogens is 4. The molecule has 1 N–H and O–H groups in total. The van der Waals surface area contributed by atoms with Gasteiger partial charge < -0.3 is 10.2 Å². The maximum atomic E-state index is 12.5. The van der Waals surface area contributed by atoms with Crippen molar-refractivity contribution in [1.82, 2.24) is 15.1 Å². The molecule has 2 heterocycles. The molecular formula is C19H28F3IN4. The molecule has 0 radical (unpaired) electrons. The van der Waals surface area contributed by atoms with Crippen LogP contribution >= 0.6 is 24.0 Å². The molecular weight excluding hydrogens is 468 g/mol. The van der Waals surface area contributed by atoms with Gasteiger partial charge in [-0.2, -0.15) is 13.2 Å². The van der Waals surface area contributed by atoms with Gasteiger partial charge in [-0.25, -0.2) is 0 Å². The highest BCUT2D eigenvalue weighted by Gasteiger charge is 2.35. The number of alkyl halides is 3. The van der Waals surface area contributed by atoms with Gasteiger partial charge in [-0.3, -0.25) is 9.89 Å². The third-order valence-electron chi connectivity index (χ3n) is 5.17. The standard InChI is InChI=1S/C19H27F3N4.HI/c1-23-18(24-17-8-9-25(13-17)14-19(20,21)22)26-10-7-16(12-26)11-15-5-3-2-4-6-15;/h2-6,16-17H,7-14H2,1H3,(H,23,24);1H. The Kier molecular flexibility index (Phi) is 8.20. The van der Waals surface area contributed by atoms with E-state index in [-0.39, 0.29) is 30.0 Å². The average Bonchev–Trinajstić information content (AvgIpc) is 3.21. The molecule has 0 saturated carbocycles. The summed E-state index contributed by atoms with van der Waals surface area (Å²) in [5.41, 5.74) is 1.35. The lowest BCUT2D eigenvalue weighted by Crippen LogP contribution is -2.46. The minimum atomic E-state index is -4.13. The molecule has 8 heteroatoms. The van der Waals surface area contributed by atoms with Crippen LogP contribution in [-0.4, -0.2) is 67.7 Å². The fourth-order valence-corrected chi connectivity index (χ4v) is 3.97. The molecule has 1 aromatic carbocycles. The van der Waals surface area contributed by atoms with Crippen LogP contribution < -0.4 is 5.32 Å². The van der Waals surface area contributed by atoms with Crippen molar-refractivity contribution in [2.45, 2.75) is 31.5 Å². The quantitative estimate of drug-likeness (QED) is 0.394. The van der Waals surface area contributed by atoms with Gasteiger partial charge in [0.2, 0.25) is 0 Å². The molecule has 27 heavy (non-hydrogen) atoms. The Morgan fingerprint density at radius 1 is 1.15 bits per heavy atom. The Balaban J connectivity index is 0.00000261. The number of hydrogen-bond acceptors (Lipinski definition) is 2. The number of likely N-dealkylation sites (tertiary alicyclic amines) is 2. The molecule has 2 aliphatic rings.